The number of para-hydroxylation sites is 1. The molecule has 0 aliphatic carbocycles. The first-order valence-electron chi connectivity index (χ1n) is 8.60. The zero-order valence-corrected chi connectivity index (χ0v) is 17.4. The lowest BCUT2D eigenvalue weighted by atomic mass is 10.2. The van der Waals surface area contributed by atoms with Crippen molar-refractivity contribution < 1.29 is 9.53 Å². The fraction of sp³-hybridized carbons (Fsp3) is 0.0476. The Kier molecular flexibility index (Phi) is 7.30. The number of benzene rings is 3. The largest absolute Gasteiger partial charge is 0.482 e. The first-order valence-corrected chi connectivity index (χ1v) is 9.77. The summed E-state index contributed by atoms with van der Waals surface area (Å²) in [4.78, 5) is 12.0. The number of thiocarbonyl (C=S) groups is 1. The topological polar surface area (TPSA) is 62.4 Å². The van der Waals surface area contributed by atoms with Crippen LogP contribution < -0.4 is 20.7 Å². The molecule has 0 saturated carbocycles. The predicted molar refractivity (Wildman–Crippen MR) is 122 cm³/mol. The van der Waals surface area contributed by atoms with E-state index in [0.29, 0.717) is 15.8 Å². The van der Waals surface area contributed by atoms with Crippen LogP contribution in [0.4, 0.5) is 17.1 Å². The van der Waals surface area contributed by atoms with Gasteiger partial charge in [0.25, 0.3) is 5.91 Å². The number of hydrogen-bond acceptors (Lipinski definition) is 4. The Morgan fingerprint density at radius 2 is 1.55 bits per heavy atom. The van der Waals surface area contributed by atoms with Crippen molar-refractivity contribution in [3.63, 3.8) is 0 Å². The summed E-state index contributed by atoms with van der Waals surface area (Å²) in [6.07, 6.45) is 0. The van der Waals surface area contributed by atoms with E-state index >= 15 is 0 Å². The normalized spacial score (nSPS) is 10.1. The quantitative estimate of drug-likeness (QED) is 0.429. The third kappa shape index (κ3) is 6.64. The zero-order valence-electron chi connectivity index (χ0n) is 15.1. The van der Waals surface area contributed by atoms with E-state index < -0.39 is 5.91 Å². The first-order chi connectivity index (χ1) is 14.0. The van der Waals surface area contributed by atoms with Crippen LogP contribution in [0.1, 0.15) is 0 Å². The highest BCUT2D eigenvalue weighted by Gasteiger charge is 2.08. The standard InChI is InChI=1S/C21H17Cl2N3O2S/c22-14-6-11-19(18(23)12-14)28-13-20(27)26-21(29)25-17-9-7-16(8-10-17)24-15-4-2-1-3-5-15/h1-12,24H,13H2,(H2,25,26,27,29). The molecule has 3 rings (SSSR count). The van der Waals surface area contributed by atoms with Gasteiger partial charge in [0.1, 0.15) is 5.75 Å². The molecule has 3 aromatic carbocycles. The summed E-state index contributed by atoms with van der Waals surface area (Å²) in [7, 11) is 0. The SMILES string of the molecule is O=C(COc1ccc(Cl)cc1Cl)NC(=S)Nc1ccc(Nc2ccccc2)cc1. The van der Waals surface area contributed by atoms with Gasteiger partial charge in [0.2, 0.25) is 0 Å². The van der Waals surface area contributed by atoms with Gasteiger partial charge in [0.05, 0.1) is 5.02 Å². The number of halogens is 2. The van der Waals surface area contributed by atoms with Crippen LogP contribution >= 0.6 is 35.4 Å². The van der Waals surface area contributed by atoms with Crippen LogP contribution in [-0.4, -0.2) is 17.6 Å². The van der Waals surface area contributed by atoms with Crippen molar-refractivity contribution in [2.75, 3.05) is 17.2 Å². The van der Waals surface area contributed by atoms with Gasteiger partial charge in [-0.15, -0.1) is 0 Å². The highest BCUT2D eigenvalue weighted by molar-refractivity contribution is 7.80. The number of nitrogens with one attached hydrogen (secondary N) is 3. The Labute approximate surface area is 184 Å². The lowest BCUT2D eigenvalue weighted by Crippen LogP contribution is -2.37. The third-order valence-corrected chi connectivity index (χ3v) is 4.45. The molecule has 0 fully saturated rings. The van der Waals surface area contributed by atoms with Gasteiger partial charge >= 0.3 is 0 Å². The molecule has 0 aromatic heterocycles. The van der Waals surface area contributed by atoms with Crippen LogP contribution in [0.15, 0.2) is 72.8 Å². The maximum Gasteiger partial charge on any atom is 0.264 e. The Morgan fingerprint density at radius 1 is 0.897 bits per heavy atom. The number of rotatable bonds is 6. The molecule has 5 nitrogen and oxygen atoms in total. The number of hydrogen-bond donors (Lipinski definition) is 3. The van der Waals surface area contributed by atoms with Crippen molar-refractivity contribution in [3.8, 4) is 5.75 Å². The highest BCUT2D eigenvalue weighted by atomic mass is 35.5. The van der Waals surface area contributed by atoms with Crippen LogP contribution in [0.25, 0.3) is 0 Å². The van der Waals surface area contributed by atoms with E-state index in [0.717, 1.165) is 17.1 Å². The molecule has 0 bridgehead atoms. The van der Waals surface area contributed by atoms with Crippen LogP contribution in [0.5, 0.6) is 5.75 Å². The summed E-state index contributed by atoms with van der Waals surface area (Å²) >= 11 is 17.0. The number of carbonyl (C=O) groups excluding carboxylic acids is 1. The Bertz CT molecular complexity index is 999. The van der Waals surface area contributed by atoms with E-state index in [-0.39, 0.29) is 11.7 Å². The zero-order chi connectivity index (χ0) is 20.6. The molecule has 0 radical (unpaired) electrons. The average Bonchev–Trinajstić information content (AvgIpc) is 2.69. The smallest absolute Gasteiger partial charge is 0.264 e. The minimum Gasteiger partial charge on any atom is -0.482 e. The average molecular weight is 446 g/mol. The lowest BCUT2D eigenvalue weighted by molar-refractivity contribution is -0.121. The first kappa shape index (κ1) is 20.9. The van der Waals surface area contributed by atoms with E-state index in [1.165, 1.54) is 0 Å². The van der Waals surface area contributed by atoms with Gasteiger partial charge in [0.15, 0.2) is 11.7 Å². The minimum atomic E-state index is -0.407. The van der Waals surface area contributed by atoms with Crippen molar-refractivity contribution in [1.82, 2.24) is 5.32 Å². The summed E-state index contributed by atoms with van der Waals surface area (Å²) in [6, 6.07) is 22.1. The van der Waals surface area contributed by atoms with Crippen molar-refractivity contribution in [3.05, 3.63) is 82.8 Å². The number of ether oxygens (including phenoxy) is 1. The molecule has 3 N–H and O–H groups in total. The van der Waals surface area contributed by atoms with Crippen molar-refractivity contribution in [2.24, 2.45) is 0 Å². The van der Waals surface area contributed by atoms with Gasteiger partial charge in [-0.3, -0.25) is 10.1 Å². The summed E-state index contributed by atoms with van der Waals surface area (Å²) in [5.41, 5.74) is 2.68. The molecular formula is C21H17Cl2N3O2S. The molecule has 0 atom stereocenters. The number of anilines is 3. The summed E-state index contributed by atoms with van der Waals surface area (Å²) < 4.78 is 5.38. The predicted octanol–water partition coefficient (Wildman–Crippen LogP) is 5.63. The molecule has 0 aliphatic rings. The maximum atomic E-state index is 12.0. The molecule has 1 amide bonds. The van der Waals surface area contributed by atoms with Crippen molar-refractivity contribution in [1.29, 1.82) is 0 Å². The van der Waals surface area contributed by atoms with E-state index in [9.17, 15) is 4.79 Å². The van der Waals surface area contributed by atoms with E-state index in [4.69, 9.17) is 40.2 Å². The number of amides is 1. The molecule has 0 saturated heterocycles. The lowest BCUT2D eigenvalue weighted by Gasteiger charge is -2.12. The van der Waals surface area contributed by atoms with Gasteiger partial charge in [-0.05, 0) is 66.8 Å². The second-order valence-electron chi connectivity index (χ2n) is 5.93. The Morgan fingerprint density at radius 3 is 2.24 bits per heavy atom. The molecule has 0 aliphatic heterocycles. The van der Waals surface area contributed by atoms with Crippen LogP contribution in [0.3, 0.4) is 0 Å². The van der Waals surface area contributed by atoms with Gasteiger partial charge in [-0.1, -0.05) is 41.4 Å². The van der Waals surface area contributed by atoms with Gasteiger partial charge < -0.3 is 15.4 Å². The number of carbonyl (C=O) groups is 1. The van der Waals surface area contributed by atoms with E-state index in [1.54, 1.807) is 18.2 Å². The molecule has 3 aromatic rings. The van der Waals surface area contributed by atoms with Crippen LogP contribution in [0.2, 0.25) is 10.0 Å². The van der Waals surface area contributed by atoms with Gasteiger partial charge in [0, 0.05) is 22.1 Å². The summed E-state index contributed by atoms with van der Waals surface area (Å²) in [5, 5.41) is 9.79. The third-order valence-electron chi connectivity index (χ3n) is 3.71. The van der Waals surface area contributed by atoms with Gasteiger partial charge in [-0.2, -0.15) is 0 Å². The van der Waals surface area contributed by atoms with Crippen LogP contribution in [-0.2, 0) is 4.79 Å². The van der Waals surface area contributed by atoms with Crippen molar-refractivity contribution in [2.45, 2.75) is 0 Å². The Balaban J connectivity index is 1.46. The Hall–Kier alpha value is -2.80. The molecule has 148 valence electrons. The van der Waals surface area contributed by atoms with E-state index in [1.807, 2.05) is 54.6 Å². The highest BCUT2D eigenvalue weighted by Crippen LogP contribution is 2.27. The summed E-state index contributed by atoms with van der Waals surface area (Å²) in [5.74, 6) is -0.0394. The van der Waals surface area contributed by atoms with E-state index in [2.05, 4.69) is 16.0 Å². The second-order valence-corrected chi connectivity index (χ2v) is 7.19. The second kappa shape index (κ2) is 10.1. The van der Waals surface area contributed by atoms with Crippen molar-refractivity contribution >= 4 is 63.5 Å². The molecule has 0 unspecified atom stereocenters. The molecule has 29 heavy (non-hydrogen) atoms. The molecule has 8 heteroatoms. The monoisotopic (exact) mass is 445 g/mol. The van der Waals surface area contributed by atoms with Gasteiger partial charge in [-0.25, -0.2) is 0 Å². The fourth-order valence-corrected chi connectivity index (χ4v) is 3.08. The minimum absolute atomic E-state index is 0.171. The molecule has 0 heterocycles. The molecule has 0 spiro atoms. The summed E-state index contributed by atoms with van der Waals surface area (Å²) in [6.45, 7) is -0.233. The molecular weight excluding hydrogens is 429 g/mol. The fourth-order valence-electron chi connectivity index (χ4n) is 2.39. The maximum absolute atomic E-state index is 12.0. The van der Waals surface area contributed by atoms with Crippen LogP contribution in [0, 0.1) is 0 Å².